The molecule has 2 rings (SSSR count). The maximum absolute atomic E-state index is 12.0. The Balaban J connectivity index is 1.81. The quantitative estimate of drug-likeness (QED) is 0.624. The first-order valence-electron chi connectivity index (χ1n) is 7.88. The minimum absolute atomic E-state index is 0.0685. The van der Waals surface area contributed by atoms with E-state index in [0.717, 1.165) is 17.7 Å². The predicted molar refractivity (Wildman–Crippen MR) is 99.2 cm³/mol. The summed E-state index contributed by atoms with van der Waals surface area (Å²) in [7, 11) is 0. The molecule has 0 aliphatic rings. The molecule has 2 amide bonds. The molecule has 0 unspecified atom stereocenters. The zero-order valence-electron chi connectivity index (χ0n) is 13.9. The molecule has 0 spiro atoms. The van der Waals surface area contributed by atoms with Crippen molar-refractivity contribution < 1.29 is 9.59 Å². The second kappa shape index (κ2) is 9.13. The molecule has 2 aromatic rings. The van der Waals surface area contributed by atoms with Gasteiger partial charge in [0.15, 0.2) is 0 Å². The number of aryl methyl sites for hydroxylation is 1. The van der Waals surface area contributed by atoms with Gasteiger partial charge in [0.2, 0.25) is 0 Å². The molecule has 24 heavy (non-hydrogen) atoms. The zero-order chi connectivity index (χ0) is 17.4. The second-order valence-electron chi connectivity index (χ2n) is 5.58. The lowest BCUT2D eigenvalue weighted by atomic mass is 10.1. The number of anilines is 1. The molecule has 1 atom stereocenters. The van der Waals surface area contributed by atoms with Crippen LogP contribution < -0.4 is 10.6 Å². The highest BCUT2D eigenvalue weighted by molar-refractivity contribution is 7.98. The van der Waals surface area contributed by atoms with Crippen molar-refractivity contribution in [1.29, 1.82) is 0 Å². The number of carbonyl (C=O) groups is 2. The van der Waals surface area contributed by atoms with Gasteiger partial charge in [-0.2, -0.15) is 0 Å². The topological polar surface area (TPSA) is 58.2 Å². The molecule has 0 aliphatic carbocycles. The third-order valence-electron chi connectivity index (χ3n) is 3.62. The molecule has 0 saturated heterocycles. The van der Waals surface area contributed by atoms with E-state index in [1.54, 1.807) is 17.8 Å². The SMILES string of the molecule is CSc1cccc(NC(=O)C(=O)N[C@@H](C)CCc2ccccc2)c1. The lowest BCUT2D eigenvalue weighted by Gasteiger charge is -2.14. The number of amides is 2. The van der Waals surface area contributed by atoms with Gasteiger partial charge >= 0.3 is 11.8 Å². The van der Waals surface area contributed by atoms with Crippen LogP contribution in [0.15, 0.2) is 59.5 Å². The smallest absolute Gasteiger partial charge is 0.313 e. The van der Waals surface area contributed by atoms with E-state index in [2.05, 4.69) is 22.8 Å². The molecule has 2 aromatic carbocycles. The largest absolute Gasteiger partial charge is 0.345 e. The second-order valence-corrected chi connectivity index (χ2v) is 6.46. The van der Waals surface area contributed by atoms with Crippen LogP contribution in [0.2, 0.25) is 0 Å². The highest BCUT2D eigenvalue weighted by Gasteiger charge is 2.16. The summed E-state index contributed by atoms with van der Waals surface area (Å²) < 4.78 is 0. The molecule has 4 nitrogen and oxygen atoms in total. The maximum atomic E-state index is 12.0. The van der Waals surface area contributed by atoms with Gasteiger partial charge in [-0.3, -0.25) is 9.59 Å². The van der Waals surface area contributed by atoms with Crippen molar-refractivity contribution >= 4 is 29.3 Å². The molecule has 5 heteroatoms. The van der Waals surface area contributed by atoms with E-state index in [4.69, 9.17) is 0 Å². The summed E-state index contributed by atoms with van der Waals surface area (Å²) in [6.07, 6.45) is 3.60. The minimum atomic E-state index is -0.639. The molecule has 2 N–H and O–H groups in total. The average molecular weight is 342 g/mol. The zero-order valence-corrected chi connectivity index (χ0v) is 14.7. The summed E-state index contributed by atoms with van der Waals surface area (Å²) in [6, 6.07) is 17.4. The number of carbonyl (C=O) groups excluding carboxylic acids is 2. The van der Waals surface area contributed by atoms with Crippen LogP contribution in [0.4, 0.5) is 5.69 Å². The number of hydrogen-bond acceptors (Lipinski definition) is 3. The number of thioether (sulfide) groups is 1. The first-order chi connectivity index (χ1) is 11.6. The van der Waals surface area contributed by atoms with Crippen molar-refractivity contribution in [2.45, 2.75) is 30.7 Å². The molecule has 0 aliphatic heterocycles. The number of nitrogens with one attached hydrogen (secondary N) is 2. The van der Waals surface area contributed by atoms with Crippen LogP contribution >= 0.6 is 11.8 Å². The number of benzene rings is 2. The van der Waals surface area contributed by atoms with Crippen LogP contribution in [0.5, 0.6) is 0 Å². The monoisotopic (exact) mass is 342 g/mol. The van der Waals surface area contributed by atoms with E-state index in [9.17, 15) is 9.59 Å². The van der Waals surface area contributed by atoms with E-state index in [0.29, 0.717) is 5.69 Å². The normalized spacial score (nSPS) is 11.6. The van der Waals surface area contributed by atoms with Crippen molar-refractivity contribution in [2.24, 2.45) is 0 Å². The number of rotatable bonds is 6. The molecular weight excluding hydrogens is 320 g/mol. The Morgan fingerprint density at radius 3 is 2.50 bits per heavy atom. The maximum Gasteiger partial charge on any atom is 0.313 e. The molecule has 0 bridgehead atoms. The van der Waals surface area contributed by atoms with Gasteiger partial charge in [0.05, 0.1) is 0 Å². The van der Waals surface area contributed by atoms with Gasteiger partial charge < -0.3 is 10.6 Å². The lowest BCUT2D eigenvalue weighted by molar-refractivity contribution is -0.136. The van der Waals surface area contributed by atoms with Crippen molar-refractivity contribution in [2.75, 3.05) is 11.6 Å². The van der Waals surface area contributed by atoms with E-state index in [-0.39, 0.29) is 6.04 Å². The Bertz CT molecular complexity index is 689. The average Bonchev–Trinajstić information content (AvgIpc) is 2.61. The van der Waals surface area contributed by atoms with Gasteiger partial charge in [0.25, 0.3) is 0 Å². The lowest BCUT2D eigenvalue weighted by Crippen LogP contribution is -2.40. The Morgan fingerprint density at radius 2 is 1.79 bits per heavy atom. The van der Waals surface area contributed by atoms with Gasteiger partial charge in [-0.05, 0) is 49.8 Å². The van der Waals surface area contributed by atoms with Crippen molar-refractivity contribution in [3.05, 3.63) is 60.2 Å². The molecule has 0 fully saturated rings. The Labute approximate surface area is 147 Å². The third-order valence-corrected chi connectivity index (χ3v) is 4.35. The van der Waals surface area contributed by atoms with E-state index < -0.39 is 11.8 Å². The van der Waals surface area contributed by atoms with Crippen LogP contribution in [0.1, 0.15) is 18.9 Å². The third kappa shape index (κ3) is 5.74. The van der Waals surface area contributed by atoms with Gasteiger partial charge in [0.1, 0.15) is 0 Å². The van der Waals surface area contributed by atoms with Crippen molar-refractivity contribution in [3.8, 4) is 0 Å². The van der Waals surface area contributed by atoms with Crippen molar-refractivity contribution in [3.63, 3.8) is 0 Å². The Kier molecular flexibility index (Phi) is 6.88. The van der Waals surface area contributed by atoms with E-state index in [1.807, 2.05) is 49.6 Å². The van der Waals surface area contributed by atoms with Crippen LogP contribution in [-0.2, 0) is 16.0 Å². The molecular formula is C19H22N2O2S. The Morgan fingerprint density at radius 1 is 1.04 bits per heavy atom. The molecule has 0 saturated carbocycles. The minimum Gasteiger partial charge on any atom is -0.345 e. The van der Waals surface area contributed by atoms with Gasteiger partial charge in [0, 0.05) is 16.6 Å². The fourth-order valence-electron chi connectivity index (χ4n) is 2.28. The number of hydrogen-bond donors (Lipinski definition) is 2. The highest BCUT2D eigenvalue weighted by Crippen LogP contribution is 2.18. The summed E-state index contributed by atoms with van der Waals surface area (Å²) in [5, 5.41) is 5.37. The van der Waals surface area contributed by atoms with Crippen molar-refractivity contribution in [1.82, 2.24) is 5.32 Å². The van der Waals surface area contributed by atoms with Crippen LogP contribution in [0, 0.1) is 0 Å². The molecule has 0 radical (unpaired) electrons. The van der Waals surface area contributed by atoms with Crippen LogP contribution in [-0.4, -0.2) is 24.1 Å². The summed E-state index contributed by atoms with van der Waals surface area (Å²) in [5.41, 5.74) is 1.84. The Hall–Kier alpha value is -2.27. The molecule has 126 valence electrons. The fourth-order valence-corrected chi connectivity index (χ4v) is 2.74. The standard InChI is InChI=1S/C19H22N2O2S/c1-14(11-12-15-7-4-3-5-8-15)20-18(22)19(23)21-16-9-6-10-17(13-16)24-2/h3-10,13-14H,11-12H2,1-2H3,(H,20,22)(H,21,23)/t14-/m0/s1. The summed E-state index contributed by atoms with van der Waals surface area (Å²) in [5.74, 6) is -1.25. The highest BCUT2D eigenvalue weighted by atomic mass is 32.2. The van der Waals surface area contributed by atoms with Gasteiger partial charge in [-0.1, -0.05) is 36.4 Å². The summed E-state index contributed by atoms with van der Waals surface area (Å²) >= 11 is 1.58. The first-order valence-corrected chi connectivity index (χ1v) is 9.11. The van der Waals surface area contributed by atoms with Gasteiger partial charge in [-0.25, -0.2) is 0 Å². The van der Waals surface area contributed by atoms with E-state index >= 15 is 0 Å². The molecule has 0 heterocycles. The van der Waals surface area contributed by atoms with Crippen LogP contribution in [0.25, 0.3) is 0 Å². The molecule has 0 aromatic heterocycles. The van der Waals surface area contributed by atoms with Crippen LogP contribution in [0.3, 0.4) is 0 Å². The van der Waals surface area contributed by atoms with E-state index in [1.165, 1.54) is 5.56 Å². The first kappa shape index (κ1) is 18.1. The summed E-state index contributed by atoms with van der Waals surface area (Å²) in [6.45, 7) is 1.91. The predicted octanol–water partition coefficient (Wildman–Crippen LogP) is 3.48. The van der Waals surface area contributed by atoms with Gasteiger partial charge in [-0.15, -0.1) is 11.8 Å². The summed E-state index contributed by atoms with van der Waals surface area (Å²) in [4.78, 5) is 25.0. The fraction of sp³-hybridized carbons (Fsp3) is 0.263.